The number of fused-ring (bicyclic) bond motifs is 3. The smallest absolute Gasteiger partial charge is 0.407 e. The van der Waals surface area contributed by atoms with Gasteiger partial charge in [0.15, 0.2) is 5.82 Å². The summed E-state index contributed by atoms with van der Waals surface area (Å²) in [4.78, 5) is 16.3. The first kappa shape index (κ1) is 17.2. The SMILES string of the molecule is C[C@@H](NC(=O)OCC1c2ccccc2-c2ccccc21)c1n[nH]c(CO)n1. The molecule has 0 unspecified atom stereocenters. The Balaban J connectivity index is 1.43. The number of amides is 1. The summed E-state index contributed by atoms with van der Waals surface area (Å²) in [5.41, 5.74) is 4.71. The summed E-state index contributed by atoms with van der Waals surface area (Å²) in [6.07, 6.45) is -0.528. The highest BCUT2D eigenvalue weighted by Gasteiger charge is 2.29. The molecule has 0 saturated heterocycles. The van der Waals surface area contributed by atoms with Gasteiger partial charge >= 0.3 is 6.09 Å². The lowest BCUT2D eigenvalue weighted by molar-refractivity contribution is 0.139. The molecule has 27 heavy (non-hydrogen) atoms. The number of hydrogen-bond donors (Lipinski definition) is 3. The molecule has 0 aliphatic heterocycles. The second-order valence-corrected chi connectivity index (χ2v) is 6.49. The van der Waals surface area contributed by atoms with E-state index < -0.39 is 12.1 Å². The van der Waals surface area contributed by atoms with E-state index in [1.54, 1.807) is 6.92 Å². The number of benzene rings is 2. The number of aromatic nitrogens is 3. The molecule has 0 bridgehead atoms. The van der Waals surface area contributed by atoms with Crippen molar-refractivity contribution >= 4 is 6.09 Å². The van der Waals surface area contributed by atoms with E-state index in [1.165, 1.54) is 22.3 Å². The largest absolute Gasteiger partial charge is 0.449 e. The summed E-state index contributed by atoms with van der Waals surface area (Å²) in [6, 6.07) is 16.0. The van der Waals surface area contributed by atoms with Crippen LogP contribution in [0.3, 0.4) is 0 Å². The first-order valence-electron chi connectivity index (χ1n) is 8.81. The van der Waals surface area contributed by atoms with E-state index in [-0.39, 0.29) is 19.1 Å². The number of aliphatic hydroxyl groups excluding tert-OH is 1. The van der Waals surface area contributed by atoms with Gasteiger partial charge in [-0.05, 0) is 29.2 Å². The minimum absolute atomic E-state index is 0.0166. The van der Waals surface area contributed by atoms with Gasteiger partial charge < -0.3 is 15.2 Å². The fourth-order valence-corrected chi connectivity index (χ4v) is 3.46. The van der Waals surface area contributed by atoms with Crippen molar-refractivity contribution in [3.8, 4) is 11.1 Å². The third-order valence-corrected chi connectivity index (χ3v) is 4.76. The van der Waals surface area contributed by atoms with Crippen LogP contribution in [0.15, 0.2) is 48.5 Å². The Labute approximate surface area is 156 Å². The number of aliphatic hydroxyl groups is 1. The van der Waals surface area contributed by atoms with Crippen molar-refractivity contribution in [1.82, 2.24) is 20.5 Å². The number of alkyl carbamates (subject to hydrolysis) is 1. The molecule has 0 radical (unpaired) electrons. The Hall–Kier alpha value is -3.19. The first-order valence-corrected chi connectivity index (χ1v) is 8.81. The molecule has 1 aliphatic rings. The van der Waals surface area contributed by atoms with Gasteiger partial charge in [-0.1, -0.05) is 48.5 Å². The number of rotatable bonds is 5. The molecule has 3 N–H and O–H groups in total. The number of nitrogens with one attached hydrogen (secondary N) is 2. The number of carbonyl (C=O) groups is 1. The van der Waals surface area contributed by atoms with Crippen LogP contribution in [0.25, 0.3) is 11.1 Å². The van der Waals surface area contributed by atoms with Gasteiger partial charge in [0.05, 0.1) is 6.04 Å². The van der Waals surface area contributed by atoms with E-state index in [2.05, 4.69) is 44.8 Å². The molecule has 1 heterocycles. The van der Waals surface area contributed by atoms with Gasteiger partial charge in [0, 0.05) is 5.92 Å². The van der Waals surface area contributed by atoms with Crippen molar-refractivity contribution in [3.63, 3.8) is 0 Å². The number of nitrogens with zero attached hydrogens (tertiary/aromatic N) is 2. The Morgan fingerprint density at radius 2 is 1.81 bits per heavy atom. The van der Waals surface area contributed by atoms with Gasteiger partial charge in [-0.15, -0.1) is 0 Å². The van der Waals surface area contributed by atoms with Gasteiger partial charge in [-0.25, -0.2) is 9.78 Å². The maximum Gasteiger partial charge on any atom is 0.407 e. The molecule has 1 amide bonds. The van der Waals surface area contributed by atoms with E-state index in [9.17, 15) is 4.79 Å². The Morgan fingerprint density at radius 1 is 1.19 bits per heavy atom. The van der Waals surface area contributed by atoms with E-state index in [1.807, 2.05) is 24.3 Å². The van der Waals surface area contributed by atoms with Gasteiger partial charge in [-0.3, -0.25) is 5.10 Å². The Morgan fingerprint density at radius 3 is 2.41 bits per heavy atom. The average Bonchev–Trinajstić information content (AvgIpc) is 3.29. The summed E-state index contributed by atoms with van der Waals surface area (Å²) in [6.45, 7) is 1.78. The molecule has 138 valence electrons. The molecular weight excluding hydrogens is 344 g/mol. The fraction of sp³-hybridized carbons (Fsp3) is 0.250. The molecule has 0 spiro atoms. The molecule has 2 aromatic carbocycles. The minimum atomic E-state index is -0.528. The predicted molar refractivity (Wildman–Crippen MR) is 98.9 cm³/mol. The summed E-state index contributed by atoms with van der Waals surface area (Å²) in [7, 11) is 0. The molecule has 7 heteroatoms. The summed E-state index contributed by atoms with van der Waals surface area (Å²) >= 11 is 0. The van der Waals surface area contributed by atoms with Crippen LogP contribution in [0.5, 0.6) is 0 Å². The average molecular weight is 364 g/mol. The lowest BCUT2D eigenvalue weighted by atomic mass is 9.98. The highest BCUT2D eigenvalue weighted by Crippen LogP contribution is 2.44. The lowest BCUT2D eigenvalue weighted by Crippen LogP contribution is -2.29. The fourth-order valence-electron chi connectivity index (χ4n) is 3.46. The molecule has 1 aliphatic carbocycles. The van der Waals surface area contributed by atoms with Gasteiger partial charge in [-0.2, -0.15) is 5.10 Å². The lowest BCUT2D eigenvalue weighted by Gasteiger charge is -2.16. The zero-order valence-corrected chi connectivity index (χ0v) is 14.8. The highest BCUT2D eigenvalue weighted by molar-refractivity contribution is 5.79. The third-order valence-electron chi connectivity index (χ3n) is 4.76. The Kier molecular flexibility index (Phi) is 4.60. The van der Waals surface area contributed by atoms with Crippen LogP contribution in [0.2, 0.25) is 0 Å². The van der Waals surface area contributed by atoms with Crippen molar-refractivity contribution in [2.45, 2.75) is 25.5 Å². The summed E-state index contributed by atoms with van der Waals surface area (Å²) in [5.74, 6) is 0.765. The topological polar surface area (TPSA) is 100 Å². The number of carbonyl (C=O) groups excluding carboxylic acids is 1. The normalized spacial score (nSPS) is 13.7. The first-order chi connectivity index (χ1) is 13.2. The summed E-state index contributed by atoms with van der Waals surface area (Å²) in [5, 5.41) is 18.3. The number of ether oxygens (including phenoxy) is 1. The van der Waals surface area contributed by atoms with Crippen LogP contribution in [0.1, 0.15) is 41.7 Å². The molecule has 0 fully saturated rings. The second-order valence-electron chi connectivity index (χ2n) is 6.49. The van der Waals surface area contributed by atoms with Crippen LogP contribution < -0.4 is 5.32 Å². The van der Waals surface area contributed by atoms with Crippen molar-refractivity contribution in [1.29, 1.82) is 0 Å². The summed E-state index contributed by atoms with van der Waals surface area (Å²) < 4.78 is 5.50. The molecule has 3 aromatic rings. The molecule has 1 aromatic heterocycles. The quantitative estimate of drug-likeness (QED) is 0.646. The van der Waals surface area contributed by atoms with Crippen LogP contribution in [0.4, 0.5) is 4.79 Å². The van der Waals surface area contributed by atoms with Gasteiger partial charge in [0.1, 0.15) is 19.0 Å². The molecule has 4 rings (SSSR count). The second kappa shape index (κ2) is 7.20. The van der Waals surface area contributed by atoms with E-state index in [0.717, 1.165) is 0 Å². The number of H-pyrrole nitrogens is 1. The monoisotopic (exact) mass is 364 g/mol. The minimum Gasteiger partial charge on any atom is -0.449 e. The van der Waals surface area contributed by atoms with Gasteiger partial charge in [0.2, 0.25) is 0 Å². The van der Waals surface area contributed by atoms with Crippen LogP contribution in [-0.2, 0) is 11.3 Å². The van der Waals surface area contributed by atoms with Crippen molar-refractivity contribution in [3.05, 3.63) is 71.3 Å². The molecular formula is C20H20N4O3. The third kappa shape index (κ3) is 3.29. The number of aromatic amines is 1. The van der Waals surface area contributed by atoms with Gasteiger partial charge in [0.25, 0.3) is 0 Å². The van der Waals surface area contributed by atoms with Crippen LogP contribution in [0, 0.1) is 0 Å². The number of hydrogen-bond acceptors (Lipinski definition) is 5. The van der Waals surface area contributed by atoms with E-state index in [0.29, 0.717) is 11.6 Å². The van der Waals surface area contributed by atoms with Crippen molar-refractivity contribution in [2.75, 3.05) is 6.61 Å². The molecule has 0 saturated carbocycles. The van der Waals surface area contributed by atoms with Crippen molar-refractivity contribution in [2.24, 2.45) is 0 Å². The maximum absolute atomic E-state index is 12.2. The standard InChI is InChI=1S/C20H20N4O3/c1-12(19-22-18(10-25)23-24-19)21-20(26)27-11-17-15-8-4-2-6-13(15)14-7-3-5-9-16(14)17/h2-9,12,17,25H,10-11H2,1H3,(H,21,26)(H,22,23,24)/t12-/m1/s1. The zero-order chi connectivity index (χ0) is 18.8. The maximum atomic E-state index is 12.2. The molecule has 7 nitrogen and oxygen atoms in total. The predicted octanol–water partition coefficient (Wildman–Crippen LogP) is 2.90. The van der Waals surface area contributed by atoms with Crippen molar-refractivity contribution < 1.29 is 14.6 Å². The van der Waals surface area contributed by atoms with E-state index in [4.69, 9.17) is 9.84 Å². The van der Waals surface area contributed by atoms with E-state index >= 15 is 0 Å². The van der Waals surface area contributed by atoms with Crippen LogP contribution >= 0.6 is 0 Å². The Bertz CT molecular complexity index is 924. The zero-order valence-electron chi connectivity index (χ0n) is 14.8. The highest BCUT2D eigenvalue weighted by atomic mass is 16.5. The molecule has 1 atom stereocenters. The van der Waals surface area contributed by atoms with Crippen LogP contribution in [-0.4, -0.2) is 33.0 Å².